The van der Waals surface area contributed by atoms with E-state index in [0.717, 1.165) is 17.0 Å². The Morgan fingerprint density at radius 1 is 1.53 bits per heavy atom. The van der Waals surface area contributed by atoms with Crippen molar-refractivity contribution in [1.82, 2.24) is 10.4 Å². The Kier molecular flexibility index (Phi) is 4.02. The van der Waals surface area contributed by atoms with Crippen LogP contribution in [0, 0.1) is 5.41 Å². The molecule has 94 valence electrons. The average Bonchev–Trinajstić information content (AvgIpc) is 2.76. The highest BCUT2D eigenvalue weighted by molar-refractivity contribution is 6.31. The summed E-state index contributed by atoms with van der Waals surface area (Å²) in [5, 5.41) is 0.731. The van der Waals surface area contributed by atoms with Gasteiger partial charge >= 0.3 is 0 Å². The fourth-order valence-corrected chi connectivity index (χ4v) is 3.02. The average molecular weight is 254 g/mol. The van der Waals surface area contributed by atoms with Crippen LogP contribution in [0.25, 0.3) is 0 Å². The SMILES string of the molecule is CC1(C(Cc2ccncc2Cl)NN)CCCC1. The van der Waals surface area contributed by atoms with Gasteiger partial charge in [0.25, 0.3) is 0 Å². The van der Waals surface area contributed by atoms with Gasteiger partial charge in [-0.05, 0) is 36.3 Å². The largest absolute Gasteiger partial charge is 0.271 e. The van der Waals surface area contributed by atoms with Crippen molar-refractivity contribution in [3.63, 3.8) is 0 Å². The number of nitrogens with two attached hydrogens (primary N) is 1. The summed E-state index contributed by atoms with van der Waals surface area (Å²) in [6.45, 7) is 2.32. The van der Waals surface area contributed by atoms with Crippen molar-refractivity contribution in [2.75, 3.05) is 0 Å². The van der Waals surface area contributed by atoms with Crippen molar-refractivity contribution in [1.29, 1.82) is 0 Å². The lowest BCUT2D eigenvalue weighted by Gasteiger charge is -2.33. The molecule has 1 aliphatic carbocycles. The standard InChI is InChI=1S/C13H20ClN3/c1-13(5-2-3-6-13)12(17-15)8-10-4-7-16-9-11(10)14/h4,7,9,12,17H,2-3,5-6,8,15H2,1H3. The molecule has 1 aromatic heterocycles. The van der Waals surface area contributed by atoms with Gasteiger partial charge in [0.1, 0.15) is 0 Å². The van der Waals surface area contributed by atoms with Gasteiger partial charge in [-0.15, -0.1) is 0 Å². The minimum atomic E-state index is 0.282. The molecule has 1 aromatic rings. The number of halogens is 1. The number of hydrogen-bond donors (Lipinski definition) is 2. The van der Waals surface area contributed by atoms with Crippen molar-refractivity contribution in [3.05, 3.63) is 29.0 Å². The van der Waals surface area contributed by atoms with Crippen LogP contribution in [-0.4, -0.2) is 11.0 Å². The number of pyridine rings is 1. The van der Waals surface area contributed by atoms with Gasteiger partial charge in [-0.2, -0.15) is 0 Å². The van der Waals surface area contributed by atoms with Crippen LogP contribution in [0.3, 0.4) is 0 Å². The van der Waals surface area contributed by atoms with E-state index in [1.165, 1.54) is 25.7 Å². The molecule has 0 radical (unpaired) electrons. The van der Waals surface area contributed by atoms with Gasteiger partial charge in [0, 0.05) is 18.4 Å². The summed E-state index contributed by atoms with van der Waals surface area (Å²) in [5.41, 5.74) is 4.40. The molecular weight excluding hydrogens is 234 g/mol. The molecule has 3 nitrogen and oxygen atoms in total. The van der Waals surface area contributed by atoms with Crippen LogP contribution in [-0.2, 0) is 6.42 Å². The molecule has 0 spiro atoms. The summed E-state index contributed by atoms with van der Waals surface area (Å²) < 4.78 is 0. The highest BCUT2D eigenvalue weighted by atomic mass is 35.5. The highest BCUT2D eigenvalue weighted by Crippen LogP contribution is 2.41. The molecule has 17 heavy (non-hydrogen) atoms. The van der Waals surface area contributed by atoms with E-state index in [2.05, 4.69) is 17.3 Å². The Morgan fingerprint density at radius 3 is 2.82 bits per heavy atom. The minimum absolute atomic E-state index is 0.282. The molecule has 1 saturated carbocycles. The molecule has 3 N–H and O–H groups in total. The molecule has 1 aliphatic rings. The second-order valence-electron chi connectivity index (χ2n) is 5.25. The van der Waals surface area contributed by atoms with E-state index in [9.17, 15) is 0 Å². The number of hydrogen-bond acceptors (Lipinski definition) is 3. The van der Waals surface area contributed by atoms with Crippen molar-refractivity contribution in [3.8, 4) is 0 Å². The van der Waals surface area contributed by atoms with E-state index in [0.29, 0.717) is 5.41 Å². The Hall–Kier alpha value is -0.640. The van der Waals surface area contributed by atoms with E-state index in [-0.39, 0.29) is 6.04 Å². The summed E-state index contributed by atoms with van der Waals surface area (Å²) in [5.74, 6) is 5.73. The zero-order valence-corrected chi connectivity index (χ0v) is 11.0. The van der Waals surface area contributed by atoms with Gasteiger partial charge in [0.15, 0.2) is 0 Å². The van der Waals surface area contributed by atoms with Gasteiger partial charge in [0.05, 0.1) is 5.02 Å². The number of hydrazine groups is 1. The Balaban J connectivity index is 2.12. The molecule has 1 atom stereocenters. The van der Waals surface area contributed by atoms with Crippen LogP contribution in [0.5, 0.6) is 0 Å². The van der Waals surface area contributed by atoms with E-state index in [1.54, 1.807) is 12.4 Å². The van der Waals surface area contributed by atoms with Gasteiger partial charge in [-0.1, -0.05) is 31.4 Å². The summed E-state index contributed by atoms with van der Waals surface area (Å²) >= 11 is 6.15. The van der Waals surface area contributed by atoms with E-state index in [4.69, 9.17) is 17.4 Å². The second kappa shape index (κ2) is 5.34. The second-order valence-corrected chi connectivity index (χ2v) is 5.66. The first kappa shape index (κ1) is 12.8. The first-order valence-electron chi connectivity index (χ1n) is 6.20. The van der Waals surface area contributed by atoms with Crippen LogP contribution < -0.4 is 11.3 Å². The number of rotatable bonds is 4. The third-order valence-electron chi connectivity index (χ3n) is 4.07. The maximum Gasteiger partial charge on any atom is 0.0621 e. The van der Waals surface area contributed by atoms with Crippen LogP contribution in [0.2, 0.25) is 5.02 Å². The van der Waals surface area contributed by atoms with Crippen LogP contribution >= 0.6 is 11.6 Å². The molecule has 2 rings (SSSR count). The van der Waals surface area contributed by atoms with Gasteiger partial charge < -0.3 is 0 Å². The van der Waals surface area contributed by atoms with Gasteiger partial charge in [-0.3, -0.25) is 16.3 Å². The van der Waals surface area contributed by atoms with E-state index < -0.39 is 0 Å². The van der Waals surface area contributed by atoms with Gasteiger partial charge in [0.2, 0.25) is 0 Å². The lowest BCUT2D eigenvalue weighted by atomic mass is 9.78. The number of aromatic nitrogens is 1. The molecule has 1 fully saturated rings. The van der Waals surface area contributed by atoms with E-state index in [1.807, 2.05) is 6.07 Å². The predicted octanol–water partition coefficient (Wildman–Crippen LogP) is 2.69. The molecule has 1 heterocycles. The first-order chi connectivity index (χ1) is 8.15. The number of nitrogens with one attached hydrogen (secondary N) is 1. The molecule has 0 saturated heterocycles. The first-order valence-corrected chi connectivity index (χ1v) is 6.58. The monoisotopic (exact) mass is 253 g/mol. The Labute approximate surface area is 108 Å². The van der Waals surface area contributed by atoms with E-state index >= 15 is 0 Å². The summed E-state index contributed by atoms with van der Waals surface area (Å²) in [6.07, 6.45) is 9.44. The van der Waals surface area contributed by atoms with Gasteiger partial charge in [-0.25, -0.2) is 0 Å². The molecule has 0 aromatic carbocycles. The summed E-state index contributed by atoms with van der Waals surface area (Å²) in [6, 6.07) is 2.26. The van der Waals surface area contributed by atoms with Crippen molar-refractivity contribution >= 4 is 11.6 Å². The molecule has 0 amide bonds. The van der Waals surface area contributed by atoms with Crippen LogP contribution in [0.4, 0.5) is 0 Å². The predicted molar refractivity (Wildman–Crippen MR) is 70.6 cm³/mol. The maximum absolute atomic E-state index is 6.15. The van der Waals surface area contributed by atoms with Crippen molar-refractivity contribution in [2.45, 2.75) is 45.1 Å². The smallest absolute Gasteiger partial charge is 0.0621 e. The minimum Gasteiger partial charge on any atom is -0.271 e. The third kappa shape index (κ3) is 2.79. The topological polar surface area (TPSA) is 50.9 Å². The fourth-order valence-electron chi connectivity index (χ4n) is 2.83. The fraction of sp³-hybridized carbons (Fsp3) is 0.615. The lowest BCUT2D eigenvalue weighted by molar-refractivity contribution is 0.221. The van der Waals surface area contributed by atoms with Crippen LogP contribution in [0.1, 0.15) is 38.2 Å². The molecule has 0 aliphatic heterocycles. The normalized spacial score (nSPS) is 20.4. The molecular formula is C13H20ClN3. The highest BCUT2D eigenvalue weighted by Gasteiger charge is 2.36. The van der Waals surface area contributed by atoms with Crippen molar-refractivity contribution < 1.29 is 0 Å². The Bertz CT molecular complexity index is 375. The van der Waals surface area contributed by atoms with Crippen molar-refractivity contribution in [2.24, 2.45) is 11.3 Å². The third-order valence-corrected chi connectivity index (χ3v) is 4.41. The lowest BCUT2D eigenvalue weighted by Crippen LogP contribution is -2.47. The maximum atomic E-state index is 6.15. The number of nitrogens with zero attached hydrogens (tertiary/aromatic N) is 1. The summed E-state index contributed by atoms with van der Waals surface area (Å²) in [7, 11) is 0. The Morgan fingerprint density at radius 2 is 2.24 bits per heavy atom. The zero-order valence-electron chi connectivity index (χ0n) is 10.2. The molecule has 4 heteroatoms. The van der Waals surface area contributed by atoms with Crippen LogP contribution in [0.15, 0.2) is 18.5 Å². The summed E-state index contributed by atoms with van der Waals surface area (Å²) in [4.78, 5) is 4.01. The quantitative estimate of drug-likeness (QED) is 0.641. The molecule has 0 bridgehead atoms. The molecule has 1 unspecified atom stereocenters. The zero-order chi connectivity index (χ0) is 12.3.